The Kier molecular flexibility index (Phi) is 3.22. The Balaban J connectivity index is 2.82. The zero-order valence-electron chi connectivity index (χ0n) is 6.77. The van der Waals surface area contributed by atoms with Crippen molar-refractivity contribution in [3.63, 3.8) is 0 Å². The molecule has 0 aliphatic carbocycles. The van der Waals surface area contributed by atoms with Gasteiger partial charge in [-0.2, -0.15) is 0 Å². The number of nitrogens with two attached hydrogens (primary N) is 1. The van der Waals surface area contributed by atoms with Crippen LogP contribution in [-0.4, -0.2) is 16.1 Å². The Morgan fingerprint density at radius 3 is 3.00 bits per heavy atom. The average molecular weight is 201 g/mol. The Morgan fingerprint density at radius 1 is 1.77 bits per heavy atom. The molecule has 1 atom stereocenters. The third-order valence-corrected chi connectivity index (χ3v) is 1.91. The summed E-state index contributed by atoms with van der Waals surface area (Å²) in [5.74, 6) is -0.944. The van der Waals surface area contributed by atoms with Crippen molar-refractivity contribution in [1.29, 1.82) is 0 Å². The Morgan fingerprint density at radius 2 is 2.46 bits per heavy atom. The molecule has 0 unspecified atom stereocenters. The van der Waals surface area contributed by atoms with Crippen molar-refractivity contribution in [2.75, 3.05) is 0 Å². The number of carboxylic acids is 1. The highest BCUT2D eigenvalue weighted by Gasteiger charge is 2.13. The van der Waals surface area contributed by atoms with Crippen LogP contribution in [0.1, 0.15) is 18.0 Å². The predicted octanol–water partition coefficient (Wildman–Crippen LogP) is 1.21. The van der Waals surface area contributed by atoms with Crippen LogP contribution in [0.2, 0.25) is 5.02 Å². The fraction of sp³-hybridized carbons (Fsp3) is 0.250. The summed E-state index contributed by atoms with van der Waals surface area (Å²) in [5, 5.41) is 8.90. The van der Waals surface area contributed by atoms with Crippen molar-refractivity contribution in [2.24, 2.45) is 5.73 Å². The highest BCUT2D eigenvalue weighted by atomic mass is 35.5. The molecule has 1 aromatic heterocycles. The molecule has 4 nitrogen and oxygen atoms in total. The van der Waals surface area contributed by atoms with Crippen LogP contribution in [0.3, 0.4) is 0 Å². The van der Waals surface area contributed by atoms with Crippen LogP contribution in [0, 0.1) is 0 Å². The summed E-state index contributed by atoms with van der Waals surface area (Å²) >= 11 is 5.77. The molecule has 0 saturated heterocycles. The molecule has 0 amide bonds. The standard InChI is InChI=1S/C8H9ClN2O2/c9-6-4-11-2-1-5(6)7(10)3-8(12)13/h1-2,4,7H,3,10H2,(H,12,13)/t7-/m1/s1. The molecule has 0 aliphatic rings. The van der Waals surface area contributed by atoms with Gasteiger partial charge in [0.25, 0.3) is 0 Å². The van der Waals surface area contributed by atoms with E-state index >= 15 is 0 Å². The van der Waals surface area contributed by atoms with Crippen molar-refractivity contribution in [2.45, 2.75) is 12.5 Å². The van der Waals surface area contributed by atoms with Crippen LogP contribution >= 0.6 is 11.6 Å². The number of pyridine rings is 1. The second-order valence-corrected chi connectivity index (χ2v) is 3.01. The fourth-order valence-corrected chi connectivity index (χ4v) is 1.24. The third kappa shape index (κ3) is 2.68. The maximum Gasteiger partial charge on any atom is 0.305 e. The van der Waals surface area contributed by atoms with Gasteiger partial charge in [0.15, 0.2) is 0 Å². The van der Waals surface area contributed by atoms with Gasteiger partial charge in [0.2, 0.25) is 0 Å². The van der Waals surface area contributed by atoms with E-state index in [1.165, 1.54) is 12.4 Å². The number of carbonyl (C=O) groups is 1. The highest BCUT2D eigenvalue weighted by molar-refractivity contribution is 6.31. The Hall–Kier alpha value is -1.13. The second-order valence-electron chi connectivity index (χ2n) is 2.60. The van der Waals surface area contributed by atoms with Gasteiger partial charge in [0.05, 0.1) is 11.4 Å². The van der Waals surface area contributed by atoms with Gasteiger partial charge >= 0.3 is 5.97 Å². The van der Waals surface area contributed by atoms with Crippen molar-refractivity contribution in [3.05, 3.63) is 29.0 Å². The van der Waals surface area contributed by atoms with E-state index in [1.807, 2.05) is 0 Å². The second kappa shape index (κ2) is 4.20. The van der Waals surface area contributed by atoms with Crippen LogP contribution in [-0.2, 0) is 4.79 Å². The summed E-state index contributed by atoms with van der Waals surface area (Å²) in [5.41, 5.74) is 6.21. The SMILES string of the molecule is N[C@H](CC(=O)O)c1ccncc1Cl. The molecule has 1 rings (SSSR count). The molecule has 5 heteroatoms. The quantitative estimate of drug-likeness (QED) is 0.769. The monoisotopic (exact) mass is 200 g/mol. The van der Waals surface area contributed by atoms with Gasteiger partial charge in [-0.25, -0.2) is 0 Å². The first-order chi connectivity index (χ1) is 6.11. The van der Waals surface area contributed by atoms with E-state index in [0.29, 0.717) is 10.6 Å². The minimum Gasteiger partial charge on any atom is -0.481 e. The lowest BCUT2D eigenvalue weighted by molar-refractivity contribution is -0.137. The molecule has 1 aromatic rings. The van der Waals surface area contributed by atoms with Crippen LogP contribution < -0.4 is 5.73 Å². The van der Waals surface area contributed by atoms with Crippen molar-refractivity contribution in [1.82, 2.24) is 4.98 Å². The summed E-state index contributed by atoms with van der Waals surface area (Å²) in [6, 6.07) is 1.05. The summed E-state index contributed by atoms with van der Waals surface area (Å²) in [6.07, 6.45) is 2.84. The largest absolute Gasteiger partial charge is 0.481 e. The smallest absolute Gasteiger partial charge is 0.305 e. The molecule has 0 saturated carbocycles. The van der Waals surface area contributed by atoms with E-state index in [1.54, 1.807) is 6.07 Å². The van der Waals surface area contributed by atoms with Crippen LogP contribution in [0.5, 0.6) is 0 Å². The lowest BCUT2D eigenvalue weighted by Gasteiger charge is -2.09. The number of hydrogen-bond acceptors (Lipinski definition) is 3. The molecule has 0 spiro atoms. The van der Waals surface area contributed by atoms with Gasteiger partial charge < -0.3 is 10.8 Å². The topological polar surface area (TPSA) is 76.2 Å². The first-order valence-electron chi connectivity index (χ1n) is 3.68. The lowest BCUT2D eigenvalue weighted by Crippen LogP contribution is -2.15. The molecule has 0 bridgehead atoms. The van der Waals surface area contributed by atoms with Crippen molar-refractivity contribution in [3.8, 4) is 0 Å². The maximum absolute atomic E-state index is 10.4. The summed E-state index contributed by atoms with van der Waals surface area (Å²) in [4.78, 5) is 14.1. The number of halogens is 1. The van der Waals surface area contributed by atoms with Gasteiger partial charge in [-0.1, -0.05) is 11.6 Å². The lowest BCUT2D eigenvalue weighted by atomic mass is 10.1. The number of carboxylic acid groups (broad SMARTS) is 1. The molecule has 70 valence electrons. The number of aromatic nitrogens is 1. The number of aliphatic carboxylic acids is 1. The number of nitrogens with zero attached hydrogens (tertiary/aromatic N) is 1. The summed E-state index contributed by atoms with van der Waals surface area (Å²) in [7, 11) is 0. The minimum absolute atomic E-state index is 0.135. The van der Waals surface area contributed by atoms with Gasteiger partial charge in [-0.15, -0.1) is 0 Å². The van der Waals surface area contributed by atoms with E-state index in [-0.39, 0.29) is 6.42 Å². The molecule has 13 heavy (non-hydrogen) atoms. The van der Waals surface area contributed by atoms with Crippen molar-refractivity contribution >= 4 is 17.6 Å². The molecule has 0 aliphatic heterocycles. The maximum atomic E-state index is 10.4. The Bertz CT molecular complexity index is 317. The zero-order valence-corrected chi connectivity index (χ0v) is 7.53. The first kappa shape index (κ1) is 9.95. The highest BCUT2D eigenvalue weighted by Crippen LogP contribution is 2.21. The zero-order chi connectivity index (χ0) is 9.84. The first-order valence-corrected chi connectivity index (χ1v) is 4.06. The molecule has 0 aromatic carbocycles. The van der Waals surface area contributed by atoms with Gasteiger partial charge in [0, 0.05) is 18.4 Å². The van der Waals surface area contributed by atoms with E-state index in [9.17, 15) is 4.79 Å². The normalized spacial score (nSPS) is 12.5. The minimum atomic E-state index is -0.944. The average Bonchev–Trinajstić information content (AvgIpc) is 2.03. The molecule has 1 heterocycles. The molecule has 0 radical (unpaired) electrons. The van der Waals surface area contributed by atoms with Gasteiger partial charge in [0.1, 0.15) is 0 Å². The van der Waals surface area contributed by atoms with E-state index < -0.39 is 12.0 Å². The summed E-state index contributed by atoms with van der Waals surface area (Å²) < 4.78 is 0. The van der Waals surface area contributed by atoms with Crippen LogP contribution in [0.4, 0.5) is 0 Å². The van der Waals surface area contributed by atoms with E-state index in [0.717, 1.165) is 0 Å². The van der Waals surface area contributed by atoms with Gasteiger partial charge in [-0.3, -0.25) is 9.78 Å². The predicted molar refractivity (Wildman–Crippen MR) is 48.4 cm³/mol. The Labute approximate surface area is 80.3 Å². The summed E-state index contributed by atoms with van der Waals surface area (Å²) in [6.45, 7) is 0. The molecular weight excluding hydrogens is 192 g/mol. The van der Waals surface area contributed by atoms with Crippen molar-refractivity contribution < 1.29 is 9.90 Å². The van der Waals surface area contributed by atoms with Crippen LogP contribution in [0.15, 0.2) is 18.5 Å². The van der Waals surface area contributed by atoms with E-state index in [2.05, 4.69) is 4.98 Å². The third-order valence-electron chi connectivity index (χ3n) is 1.60. The van der Waals surface area contributed by atoms with Crippen LogP contribution in [0.25, 0.3) is 0 Å². The molecular formula is C8H9ClN2O2. The molecule has 0 fully saturated rings. The van der Waals surface area contributed by atoms with E-state index in [4.69, 9.17) is 22.4 Å². The number of rotatable bonds is 3. The number of hydrogen-bond donors (Lipinski definition) is 2. The van der Waals surface area contributed by atoms with Gasteiger partial charge in [-0.05, 0) is 11.6 Å². The molecule has 3 N–H and O–H groups in total. The fourth-order valence-electron chi connectivity index (χ4n) is 0.985.